The van der Waals surface area contributed by atoms with Gasteiger partial charge in [-0.25, -0.2) is 0 Å². The number of carbonyl (C=O) groups is 3. The molecule has 4 fully saturated rings. The number of rotatable bonds is 8. The maximum absolute atomic E-state index is 14.3. The van der Waals surface area contributed by atoms with Crippen molar-refractivity contribution < 1.29 is 19.5 Å². The monoisotopic (exact) mass is 591 g/mol. The van der Waals surface area contributed by atoms with Gasteiger partial charge in [0.2, 0.25) is 17.7 Å². The van der Waals surface area contributed by atoms with E-state index < -0.39 is 28.7 Å². The molecule has 2 bridgehead atoms. The lowest BCUT2D eigenvalue weighted by molar-refractivity contribution is -0.142. The van der Waals surface area contributed by atoms with Crippen LogP contribution >= 0.6 is 27.7 Å². The molecule has 9 heteroatoms. The standard InChI is InChI=1S/C28H38BrN3O4S/c1-16(2)13-19(15-33)32-24(26(35)31-18-11-7-4-8-12-18)28-14-20(29)23(37-28)21(22(28)27(32)36)25(34)30-17-9-5-3-6-10-17/h3,5-6,9-10,16,18-24,33H,4,7-8,11-15H2,1-2H3,(H,30,34)(H,31,35)/t19-,20?,21-,22+,23-,24?,28?/m1/s1. The first-order valence-electron chi connectivity index (χ1n) is 13.7. The van der Waals surface area contributed by atoms with Crippen LogP contribution in [-0.4, -0.2) is 67.3 Å². The van der Waals surface area contributed by atoms with Gasteiger partial charge in [-0.1, -0.05) is 67.2 Å². The Morgan fingerprint density at radius 3 is 2.51 bits per heavy atom. The van der Waals surface area contributed by atoms with Crippen LogP contribution in [0.2, 0.25) is 0 Å². The smallest absolute Gasteiger partial charge is 0.244 e. The molecule has 1 aromatic rings. The molecule has 5 rings (SSSR count). The van der Waals surface area contributed by atoms with E-state index in [9.17, 15) is 19.5 Å². The summed E-state index contributed by atoms with van der Waals surface area (Å²) in [4.78, 5) is 43.7. The van der Waals surface area contributed by atoms with Crippen LogP contribution in [0.1, 0.15) is 58.8 Å². The lowest BCUT2D eigenvalue weighted by Gasteiger charge is -2.39. The van der Waals surface area contributed by atoms with E-state index in [0.717, 1.165) is 25.7 Å². The molecule has 202 valence electrons. The zero-order chi connectivity index (χ0) is 26.3. The number of aliphatic hydroxyl groups excluding tert-OH is 1. The van der Waals surface area contributed by atoms with Crippen molar-refractivity contribution in [2.24, 2.45) is 17.8 Å². The van der Waals surface area contributed by atoms with E-state index in [4.69, 9.17) is 0 Å². The van der Waals surface area contributed by atoms with Crippen LogP contribution in [-0.2, 0) is 14.4 Å². The summed E-state index contributed by atoms with van der Waals surface area (Å²) >= 11 is 5.46. The minimum absolute atomic E-state index is 0.0238. The summed E-state index contributed by atoms with van der Waals surface area (Å²) in [6.07, 6.45) is 6.54. The molecule has 0 aromatic heterocycles. The number of hydrogen-bond donors (Lipinski definition) is 3. The molecule has 3 unspecified atom stereocenters. The van der Waals surface area contributed by atoms with Gasteiger partial charge in [0.25, 0.3) is 0 Å². The average Bonchev–Trinajstić information content (AvgIpc) is 3.47. The highest BCUT2D eigenvalue weighted by atomic mass is 79.9. The third-order valence-corrected chi connectivity index (χ3v) is 11.8. The number of benzene rings is 1. The number of para-hydroxylation sites is 1. The number of likely N-dealkylation sites (tertiary alicyclic amines) is 1. The Labute approximate surface area is 232 Å². The van der Waals surface area contributed by atoms with Gasteiger partial charge in [-0.3, -0.25) is 14.4 Å². The zero-order valence-electron chi connectivity index (χ0n) is 21.6. The number of fused-ring (bicyclic) bond motifs is 1. The van der Waals surface area contributed by atoms with E-state index in [1.165, 1.54) is 6.42 Å². The molecule has 3 N–H and O–H groups in total. The number of nitrogens with one attached hydrogen (secondary N) is 2. The number of thioether (sulfide) groups is 1. The van der Waals surface area contributed by atoms with E-state index in [1.54, 1.807) is 16.7 Å². The molecule has 7 atom stereocenters. The minimum atomic E-state index is -0.701. The Morgan fingerprint density at radius 2 is 1.86 bits per heavy atom. The number of anilines is 1. The van der Waals surface area contributed by atoms with Gasteiger partial charge >= 0.3 is 0 Å². The molecular formula is C28H38BrN3O4S. The second kappa shape index (κ2) is 10.9. The SMILES string of the molecule is CC(C)C[C@H](CO)N1C(=O)[C@@H]2[C@@H](C(=O)Nc3ccccc3)[C@@H]3SC2(CC3Br)C1C(=O)NC1CCCCC1. The van der Waals surface area contributed by atoms with Crippen molar-refractivity contribution in [1.29, 1.82) is 0 Å². The van der Waals surface area contributed by atoms with Crippen LogP contribution in [0.15, 0.2) is 30.3 Å². The second-order valence-corrected chi connectivity index (χ2v) is 14.3. The van der Waals surface area contributed by atoms with Gasteiger partial charge in [-0.2, -0.15) is 0 Å². The van der Waals surface area contributed by atoms with E-state index in [1.807, 2.05) is 30.3 Å². The first-order valence-corrected chi connectivity index (χ1v) is 15.5. The van der Waals surface area contributed by atoms with E-state index >= 15 is 0 Å². The van der Waals surface area contributed by atoms with Gasteiger partial charge in [-0.15, -0.1) is 11.8 Å². The first-order chi connectivity index (χ1) is 17.8. The van der Waals surface area contributed by atoms with Crippen molar-refractivity contribution >= 4 is 51.1 Å². The summed E-state index contributed by atoms with van der Waals surface area (Å²) < 4.78 is -0.697. The Hall–Kier alpha value is -1.58. The predicted octanol–water partition coefficient (Wildman–Crippen LogP) is 3.95. The van der Waals surface area contributed by atoms with Gasteiger partial charge in [0, 0.05) is 21.8 Å². The largest absolute Gasteiger partial charge is 0.394 e. The molecule has 1 aliphatic carbocycles. The van der Waals surface area contributed by atoms with Crippen LogP contribution in [0.3, 0.4) is 0 Å². The molecule has 3 heterocycles. The molecule has 37 heavy (non-hydrogen) atoms. The van der Waals surface area contributed by atoms with E-state index in [0.29, 0.717) is 18.5 Å². The topological polar surface area (TPSA) is 98.7 Å². The fourth-order valence-electron chi connectivity index (χ4n) is 7.15. The van der Waals surface area contributed by atoms with Crippen molar-refractivity contribution in [1.82, 2.24) is 10.2 Å². The molecular weight excluding hydrogens is 554 g/mol. The number of hydrogen-bond acceptors (Lipinski definition) is 5. The van der Waals surface area contributed by atoms with Crippen molar-refractivity contribution in [2.75, 3.05) is 11.9 Å². The lowest BCUT2D eigenvalue weighted by atomic mass is 9.70. The van der Waals surface area contributed by atoms with Gasteiger partial charge in [0.1, 0.15) is 6.04 Å². The van der Waals surface area contributed by atoms with Crippen LogP contribution in [0.4, 0.5) is 5.69 Å². The Morgan fingerprint density at radius 1 is 1.16 bits per heavy atom. The normalized spacial score (nSPS) is 34.0. The molecule has 3 aliphatic heterocycles. The maximum atomic E-state index is 14.3. The molecule has 3 amide bonds. The number of alkyl halides is 1. The van der Waals surface area contributed by atoms with E-state index in [-0.39, 0.29) is 46.4 Å². The molecule has 4 aliphatic rings. The lowest BCUT2D eigenvalue weighted by Crippen LogP contribution is -2.58. The quantitative estimate of drug-likeness (QED) is 0.398. The molecule has 1 spiro atoms. The molecule has 7 nitrogen and oxygen atoms in total. The fourth-order valence-corrected chi connectivity index (χ4v) is 10.8. The van der Waals surface area contributed by atoms with Gasteiger partial charge < -0.3 is 20.6 Å². The van der Waals surface area contributed by atoms with Crippen molar-refractivity contribution in [3.05, 3.63) is 30.3 Å². The van der Waals surface area contributed by atoms with Crippen LogP contribution < -0.4 is 10.6 Å². The van der Waals surface area contributed by atoms with E-state index in [2.05, 4.69) is 40.4 Å². The van der Waals surface area contributed by atoms with Crippen LogP contribution in [0.5, 0.6) is 0 Å². The summed E-state index contributed by atoms with van der Waals surface area (Å²) in [6.45, 7) is 3.92. The summed E-state index contributed by atoms with van der Waals surface area (Å²) in [6, 6.07) is 8.27. The minimum Gasteiger partial charge on any atom is -0.394 e. The Bertz CT molecular complexity index is 1020. The molecule has 3 saturated heterocycles. The highest BCUT2D eigenvalue weighted by molar-refractivity contribution is 9.09. The maximum Gasteiger partial charge on any atom is 0.244 e. The third-order valence-electron chi connectivity index (χ3n) is 8.62. The second-order valence-electron chi connectivity index (χ2n) is 11.6. The number of aliphatic hydroxyl groups is 1. The van der Waals surface area contributed by atoms with Gasteiger partial charge in [-0.05, 0) is 43.7 Å². The van der Waals surface area contributed by atoms with Crippen molar-refractivity contribution in [3.63, 3.8) is 0 Å². The highest BCUT2D eigenvalue weighted by Crippen LogP contribution is 2.68. The fraction of sp³-hybridized carbons (Fsp3) is 0.679. The molecule has 0 radical (unpaired) electrons. The predicted molar refractivity (Wildman–Crippen MR) is 149 cm³/mol. The summed E-state index contributed by atoms with van der Waals surface area (Å²) in [5, 5.41) is 16.6. The van der Waals surface area contributed by atoms with Crippen molar-refractivity contribution in [3.8, 4) is 0 Å². The Balaban J connectivity index is 1.50. The number of halogens is 1. The number of amides is 3. The number of carbonyl (C=O) groups excluding carboxylic acids is 3. The number of nitrogens with zero attached hydrogens (tertiary/aromatic N) is 1. The van der Waals surface area contributed by atoms with Gasteiger partial charge in [0.05, 0.1) is 29.2 Å². The summed E-state index contributed by atoms with van der Waals surface area (Å²) in [5.74, 6) is -1.36. The summed E-state index contributed by atoms with van der Waals surface area (Å²) in [5.41, 5.74) is 0.697. The van der Waals surface area contributed by atoms with Gasteiger partial charge in [0.15, 0.2) is 0 Å². The zero-order valence-corrected chi connectivity index (χ0v) is 24.0. The van der Waals surface area contributed by atoms with Crippen LogP contribution in [0, 0.1) is 17.8 Å². The van der Waals surface area contributed by atoms with Crippen molar-refractivity contribution in [2.45, 2.75) is 91.7 Å². The third kappa shape index (κ3) is 4.84. The molecule has 1 saturated carbocycles. The average molecular weight is 593 g/mol. The van der Waals surface area contributed by atoms with Crippen LogP contribution in [0.25, 0.3) is 0 Å². The summed E-state index contributed by atoms with van der Waals surface area (Å²) in [7, 11) is 0. The first kappa shape index (κ1) is 27.0. The highest BCUT2D eigenvalue weighted by Gasteiger charge is 2.76. The Kier molecular flexibility index (Phi) is 7.95. The molecule has 1 aromatic carbocycles.